The number of hydrogen-bond donors (Lipinski definition) is 1. The van der Waals surface area contributed by atoms with E-state index in [4.69, 9.17) is 5.73 Å². The van der Waals surface area contributed by atoms with Crippen molar-refractivity contribution in [1.29, 1.82) is 0 Å². The fourth-order valence-corrected chi connectivity index (χ4v) is 3.16. The van der Waals surface area contributed by atoms with E-state index in [-0.39, 0.29) is 17.9 Å². The Kier molecular flexibility index (Phi) is 4.80. The third-order valence-electron chi connectivity index (χ3n) is 4.36. The Morgan fingerprint density at radius 1 is 1.11 bits per heavy atom. The number of nitrogens with two attached hydrogens (primary N) is 1. The van der Waals surface area contributed by atoms with Gasteiger partial charge in [0.2, 0.25) is 11.8 Å². The first-order chi connectivity index (χ1) is 9.06. The van der Waals surface area contributed by atoms with Crippen molar-refractivity contribution in [2.75, 3.05) is 26.2 Å². The molecule has 0 aromatic carbocycles. The van der Waals surface area contributed by atoms with Gasteiger partial charge in [0, 0.05) is 45.6 Å². The Balaban J connectivity index is 1.76. The standard InChI is InChI=1S/C14H25N3O2/c1-11(18)16-5-7-17(8-6-16)14(19)10-12-3-2-4-13(15)9-12/h12-13H,2-10,15H2,1H3. The molecule has 2 fully saturated rings. The summed E-state index contributed by atoms with van der Waals surface area (Å²) in [4.78, 5) is 27.2. The summed E-state index contributed by atoms with van der Waals surface area (Å²) in [6.07, 6.45) is 5.00. The second kappa shape index (κ2) is 6.37. The van der Waals surface area contributed by atoms with Gasteiger partial charge in [0.25, 0.3) is 0 Å². The van der Waals surface area contributed by atoms with E-state index >= 15 is 0 Å². The predicted molar refractivity (Wildman–Crippen MR) is 73.4 cm³/mol. The second-order valence-electron chi connectivity index (χ2n) is 5.88. The highest BCUT2D eigenvalue weighted by molar-refractivity contribution is 5.77. The Morgan fingerprint density at radius 2 is 1.74 bits per heavy atom. The zero-order chi connectivity index (χ0) is 13.8. The highest BCUT2D eigenvalue weighted by Gasteiger charge is 2.26. The average molecular weight is 267 g/mol. The molecule has 1 heterocycles. The number of carbonyl (C=O) groups is 2. The summed E-state index contributed by atoms with van der Waals surface area (Å²) in [6.45, 7) is 4.28. The average Bonchev–Trinajstić information content (AvgIpc) is 2.39. The highest BCUT2D eigenvalue weighted by Crippen LogP contribution is 2.26. The molecule has 1 aliphatic heterocycles. The molecule has 5 nitrogen and oxygen atoms in total. The fraction of sp³-hybridized carbons (Fsp3) is 0.857. The monoisotopic (exact) mass is 267 g/mol. The van der Waals surface area contributed by atoms with Crippen molar-refractivity contribution < 1.29 is 9.59 Å². The van der Waals surface area contributed by atoms with E-state index in [2.05, 4.69) is 0 Å². The first-order valence-corrected chi connectivity index (χ1v) is 7.35. The summed E-state index contributed by atoms with van der Waals surface area (Å²) < 4.78 is 0. The molecule has 2 N–H and O–H groups in total. The van der Waals surface area contributed by atoms with Crippen molar-refractivity contribution in [2.24, 2.45) is 11.7 Å². The van der Waals surface area contributed by atoms with Gasteiger partial charge in [0.1, 0.15) is 0 Å². The van der Waals surface area contributed by atoms with Crippen LogP contribution in [-0.4, -0.2) is 53.8 Å². The van der Waals surface area contributed by atoms with Gasteiger partial charge in [-0.25, -0.2) is 0 Å². The lowest BCUT2D eigenvalue weighted by atomic mass is 9.84. The van der Waals surface area contributed by atoms with E-state index in [1.807, 2.05) is 4.90 Å². The van der Waals surface area contributed by atoms with Gasteiger partial charge >= 0.3 is 0 Å². The van der Waals surface area contributed by atoms with Crippen LogP contribution in [0.25, 0.3) is 0 Å². The number of rotatable bonds is 2. The minimum absolute atomic E-state index is 0.102. The molecular weight excluding hydrogens is 242 g/mol. The normalized spacial score (nSPS) is 28.3. The van der Waals surface area contributed by atoms with Crippen molar-refractivity contribution in [3.8, 4) is 0 Å². The summed E-state index contributed by atoms with van der Waals surface area (Å²) >= 11 is 0. The number of amides is 2. The van der Waals surface area contributed by atoms with Crippen molar-refractivity contribution in [2.45, 2.75) is 45.1 Å². The van der Waals surface area contributed by atoms with E-state index in [0.717, 1.165) is 25.7 Å². The fourth-order valence-electron chi connectivity index (χ4n) is 3.16. The molecule has 0 aromatic heterocycles. The number of carbonyl (C=O) groups excluding carboxylic acids is 2. The lowest BCUT2D eigenvalue weighted by molar-refractivity contribution is -0.139. The molecule has 2 rings (SSSR count). The third kappa shape index (κ3) is 3.93. The molecule has 0 bridgehead atoms. The van der Waals surface area contributed by atoms with Crippen LogP contribution in [0.15, 0.2) is 0 Å². The molecule has 108 valence electrons. The predicted octanol–water partition coefficient (Wildman–Crippen LogP) is 0.585. The maximum Gasteiger partial charge on any atom is 0.222 e. The van der Waals surface area contributed by atoms with Crippen molar-refractivity contribution in [3.05, 3.63) is 0 Å². The van der Waals surface area contributed by atoms with Gasteiger partial charge in [-0.05, 0) is 25.2 Å². The van der Waals surface area contributed by atoms with Crippen LogP contribution in [-0.2, 0) is 9.59 Å². The van der Waals surface area contributed by atoms with Crippen LogP contribution in [0.2, 0.25) is 0 Å². The van der Waals surface area contributed by atoms with Gasteiger partial charge in [-0.1, -0.05) is 6.42 Å². The maximum atomic E-state index is 12.2. The van der Waals surface area contributed by atoms with E-state index in [1.165, 1.54) is 0 Å². The number of nitrogens with zero attached hydrogens (tertiary/aromatic N) is 2. The van der Waals surface area contributed by atoms with Crippen LogP contribution >= 0.6 is 0 Å². The van der Waals surface area contributed by atoms with Crippen LogP contribution in [0.5, 0.6) is 0 Å². The quantitative estimate of drug-likeness (QED) is 0.796. The smallest absolute Gasteiger partial charge is 0.222 e. The highest BCUT2D eigenvalue weighted by atomic mass is 16.2. The molecular formula is C14H25N3O2. The molecule has 0 radical (unpaired) electrons. The molecule has 5 heteroatoms. The van der Waals surface area contributed by atoms with Gasteiger partial charge in [0.05, 0.1) is 0 Å². The summed E-state index contributed by atoms with van der Waals surface area (Å²) in [5, 5.41) is 0. The van der Waals surface area contributed by atoms with Crippen LogP contribution in [0, 0.1) is 5.92 Å². The van der Waals surface area contributed by atoms with E-state index in [1.54, 1.807) is 11.8 Å². The Hall–Kier alpha value is -1.10. The summed E-state index contributed by atoms with van der Waals surface area (Å²) in [5.74, 6) is 0.801. The SMILES string of the molecule is CC(=O)N1CCN(C(=O)CC2CCCC(N)C2)CC1. The van der Waals surface area contributed by atoms with Crippen LogP contribution in [0.4, 0.5) is 0 Å². The third-order valence-corrected chi connectivity index (χ3v) is 4.36. The van der Waals surface area contributed by atoms with Crippen molar-refractivity contribution in [3.63, 3.8) is 0 Å². The zero-order valence-electron chi connectivity index (χ0n) is 11.8. The van der Waals surface area contributed by atoms with Gasteiger partial charge in [0.15, 0.2) is 0 Å². The molecule has 1 saturated carbocycles. The van der Waals surface area contributed by atoms with Crippen molar-refractivity contribution >= 4 is 11.8 Å². The summed E-state index contributed by atoms with van der Waals surface area (Å²) in [6, 6.07) is 0.279. The van der Waals surface area contributed by atoms with E-state index in [0.29, 0.717) is 38.5 Å². The molecule has 0 aromatic rings. The van der Waals surface area contributed by atoms with Crippen molar-refractivity contribution in [1.82, 2.24) is 9.80 Å². The first-order valence-electron chi connectivity index (χ1n) is 7.35. The molecule has 0 spiro atoms. The van der Waals surface area contributed by atoms with Crippen LogP contribution < -0.4 is 5.73 Å². The molecule has 2 atom stereocenters. The molecule has 1 aliphatic carbocycles. The topological polar surface area (TPSA) is 66.6 Å². The molecule has 2 amide bonds. The largest absolute Gasteiger partial charge is 0.339 e. The van der Waals surface area contributed by atoms with Gasteiger partial charge in [-0.3, -0.25) is 9.59 Å². The number of hydrogen-bond acceptors (Lipinski definition) is 3. The minimum atomic E-state index is 0.102. The Labute approximate surface area is 115 Å². The number of piperazine rings is 1. The molecule has 2 aliphatic rings. The molecule has 2 unspecified atom stereocenters. The van der Waals surface area contributed by atoms with Gasteiger partial charge < -0.3 is 15.5 Å². The first kappa shape index (κ1) is 14.3. The zero-order valence-corrected chi connectivity index (χ0v) is 11.8. The second-order valence-corrected chi connectivity index (χ2v) is 5.88. The van der Waals surface area contributed by atoms with Crippen LogP contribution in [0.3, 0.4) is 0 Å². The molecule has 1 saturated heterocycles. The summed E-state index contributed by atoms with van der Waals surface area (Å²) in [5.41, 5.74) is 5.96. The van der Waals surface area contributed by atoms with Crippen LogP contribution in [0.1, 0.15) is 39.0 Å². The minimum Gasteiger partial charge on any atom is -0.339 e. The van der Waals surface area contributed by atoms with Gasteiger partial charge in [-0.15, -0.1) is 0 Å². The molecule has 19 heavy (non-hydrogen) atoms. The van der Waals surface area contributed by atoms with E-state index < -0.39 is 0 Å². The summed E-state index contributed by atoms with van der Waals surface area (Å²) in [7, 11) is 0. The lowest BCUT2D eigenvalue weighted by Gasteiger charge is -2.35. The van der Waals surface area contributed by atoms with E-state index in [9.17, 15) is 9.59 Å². The maximum absolute atomic E-state index is 12.2. The Bertz CT molecular complexity index is 338. The van der Waals surface area contributed by atoms with Gasteiger partial charge in [-0.2, -0.15) is 0 Å². The lowest BCUT2D eigenvalue weighted by Crippen LogP contribution is -2.50. The Morgan fingerprint density at radius 3 is 2.32 bits per heavy atom.